The Bertz CT molecular complexity index is 171. The summed E-state index contributed by atoms with van der Waals surface area (Å²) in [5.41, 5.74) is 0. The van der Waals surface area contributed by atoms with Gasteiger partial charge in [-0.05, 0) is 37.9 Å². The molecule has 0 aromatic carbocycles. The number of ether oxygens (including phenoxy) is 1. The Balaban J connectivity index is 2.01. The average molecular weight is 202 g/mol. The fourth-order valence-electron chi connectivity index (χ4n) is 1.13. The van der Waals surface area contributed by atoms with Gasteiger partial charge in [0.15, 0.2) is 5.11 Å². The number of nitrogens with one attached hydrogen (secondary N) is 2. The van der Waals surface area contributed by atoms with Gasteiger partial charge in [0.05, 0.1) is 6.61 Å². The van der Waals surface area contributed by atoms with Crippen molar-refractivity contribution < 1.29 is 4.74 Å². The second-order valence-corrected chi connectivity index (χ2v) is 4.06. The molecular weight excluding hydrogens is 184 g/mol. The van der Waals surface area contributed by atoms with E-state index in [1.165, 1.54) is 12.8 Å². The molecule has 0 heterocycles. The molecule has 2 N–H and O–H groups in total. The van der Waals surface area contributed by atoms with E-state index in [2.05, 4.69) is 17.6 Å². The molecule has 13 heavy (non-hydrogen) atoms. The molecule has 0 amide bonds. The molecular formula is C9H18N2OS. The highest BCUT2D eigenvalue weighted by molar-refractivity contribution is 7.80. The molecule has 0 aliphatic heterocycles. The lowest BCUT2D eigenvalue weighted by atomic mass is 10.4. The number of rotatable bonds is 5. The summed E-state index contributed by atoms with van der Waals surface area (Å²) in [6.07, 6.45) is 2.70. The summed E-state index contributed by atoms with van der Waals surface area (Å²) >= 11 is 5.11. The molecule has 0 radical (unpaired) electrons. The molecule has 1 unspecified atom stereocenters. The summed E-state index contributed by atoms with van der Waals surface area (Å²) in [6.45, 7) is 3.76. The smallest absolute Gasteiger partial charge is 0.166 e. The average Bonchev–Trinajstić information content (AvgIpc) is 2.84. The summed E-state index contributed by atoms with van der Waals surface area (Å²) in [5, 5.41) is 7.10. The van der Waals surface area contributed by atoms with E-state index in [9.17, 15) is 0 Å². The van der Waals surface area contributed by atoms with Gasteiger partial charge in [0.1, 0.15) is 0 Å². The molecule has 1 atom stereocenters. The van der Waals surface area contributed by atoms with Crippen molar-refractivity contribution in [3.8, 4) is 0 Å². The Morgan fingerprint density at radius 3 is 2.85 bits per heavy atom. The van der Waals surface area contributed by atoms with Crippen molar-refractivity contribution >= 4 is 17.3 Å². The van der Waals surface area contributed by atoms with Gasteiger partial charge in [-0.25, -0.2) is 0 Å². The van der Waals surface area contributed by atoms with Gasteiger partial charge in [-0.2, -0.15) is 0 Å². The van der Waals surface area contributed by atoms with Crippen LogP contribution in [-0.2, 0) is 4.74 Å². The van der Waals surface area contributed by atoms with Gasteiger partial charge in [0, 0.05) is 19.7 Å². The molecule has 0 saturated heterocycles. The predicted molar refractivity (Wildman–Crippen MR) is 57.8 cm³/mol. The van der Waals surface area contributed by atoms with Crippen molar-refractivity contribution in [2.24, 2.45) is 5.92 Å². The van der Waals surface area contributed by atoms with E-state index in [1.807, 2.05) is 0 Å². The molecule has 1 fully saturated rings. The first-order chi connectivity index (χ1) is 6.22. The van der Waals surface area contributed by atoms with E-state index in [4.69, 9.17) is 17.0 Å². The lowest BCUT2D eigenvalue weighted by Gasteiger charge is -2.15. The van der Waals surface area contributed by atoms with Crippen molar-refractivity contribution in [1.29, 1.82) is 0 Å². The van der Waals surface area contributed by atoms with Crippen LogP contribution in [0.25, 0.3) is 0 Å². The molecule has 0 aromatic rings. The Morgan fingerprint density at radius 2 is 2.31 bits per heavy atom. The number of methoxy groups -OCH3 is 1. The monoisotopic (exact) mass is 202 g/mol. The highest BCUT2D eigenvalue weighted by Gasteiger charge is 2.20. The first kappa shape index (κ1) is 10.7. The zero-order valence-corrected chi connectivity index (χ0v) is 9.12. The van der Waals surface area contributed by atoms with Crippen molar-refractivity contribution in [1.82, 2.24) is 10.6 Å². The first-order valence-electron chi connectivity index (χ1n) is 4.75. The Morgan fingerprint density at radius 1 is 1.62 bits per heavy atom. The van der Waals surface area contributed by atoms with Crippen LogP contribution in [0.3, 0.4) is 0 Å². The summed E-state index contributed by atoms with van der Waals surface area (Å²) in [4.78, 5) is 0. The van der Waals surface area contributed by atoms with Gasteiger partial charge in [-0.15, -0.1) is 0 Å². The Kier molecular flexibility index (Phi) is 4.45. The van der Waals surface area contributed by atoms with Gasteiger partial charge in [-0.1, -0.05) is 0 Å². The second-order valence-electron chi connectivity index (χ2n) is 3.65. The molecule has 1 rings (SSSR count). The molecule has 4 heteroatoms. The lowest BCUT2D eigenvalue weighted by Crippen LogP contribution is -2.43. The van der Waals surface area contributed by atoms with Crippen LogP contribution >= 0.6 is 12.2 Å². The standard InChI is InChI=1S/C9H18N2OS/c1-7(6-12-2)11-9(13)10-5-8-3-4-8/h7-8H,3-6H2,1-2H3,(H2,10,11,13). The maximum Gasteiger partial charge on any atom is 0.166 e. The summed E-state index contributed by atoms with van der Waals surface area (Å²) < 4.78 is 4.99. The van der Waals surface area contributed by atoms with E-state index < -0.39 is 0 Å². The van der Waals surface area contributed by atoms with Crippen LogP contribution in [0, 0.1) is 5.92 Å². The topological polar surface area (TPSA) is 33.3 Å². The van der Waals surface area contributed by atoms with Crippen LogP contribution < -0.4 is 10.6 Å². The summed E-state index contributed by atoms with van der Waals surface area (Å²) in [7, 11) is 1.69. The predicted octanol–water partition coefficient (Wildman–Crippen LogP) is 0.895. The SMILES string of the molecule is COCC(C)NC(=S)NCC1CC1. The Hall–Kier alpha value is -0.350. The van der Waals surface area contributed by atoms with Crippen molar-refractivity contribution in [3.63, 3.8) is 0 Å². The normalized spacial score (nSPS) is 18.0. The van der Waals surface area contributed by atoms with Gasteiger partial charge in [-0.3, -0.25) is 0 Å². The van der Waals surface area contributed by atoms with Gasteiger partial charge >= 0.3 is 0 Å². The van der Waals surface area contributed by atoms with Gasteiger partial charge in [0.2, 0.25) is 0 Å². The second kappa shape index (κ2) is 5.40. The molecule has 1 saturated carbocycles. The summed E-state index contributed by atoms with van der Waals surface area (Å²) in [6, 6.07) is 0.282. The van der Waals surface area contributed by atoms with E-state index in [1.54, 1.807) is 7.11 Å². The number of hydrogen-bond acceptors (Lipinski definition) is 2. The zero-order valence-electron chi connectivity index (χ0n) is 8.30. The van der Waals surface area contributed by atoms with Crippen LogP contribution in [0.2, 0.25) is 0 Å². The van der Waals surface area contributed by atoms with E-state index >= 15 is 0 Å². The molecule has 0 aromatic heterocycles. The van der Waals surface area contributed by atoms with Crippen molar-refractivity contribution in [3.05, 3.63) is 0 Å². The van der Waals surface area contributed by atoms with E-state index in [0.717, 1.165) is 17.6 Å². The quantitative estimate of drug-likeness (QED) is 0.649. The minimum absolute atomic E-state index is 0.282. The third kappa shape index (κ3) is 5.05. The minimum Gasteiger partial charge on any atom is -0.383 e. The molecule has 3 nitrogen and oxygen atoms in total. The van der Waals surface area contributed by atoms with Crippen LogP contribution in [0.1, 0.15) is 19.8 Å². The third-order valence-corrected chi connectivity index (χ3v) is 2.30. The molecule has 1 aliphatic carbocycles. The Labute approximate surface area is 85.2 Å². The molecule has 0 spiro atoms. The molecule has 76 valence electrons. The maximum absolute atomic E-state index is 5.11. The largest absolute Gasteiger partial charge is 0.383 e. The third-order valence-electron chi connectivity index (χ3n) is 2.04. The highest BCUT2D eigenvalue weighted by Crippen LogP contribution is 2.27. The van der Waals surface area contributed by atoms with Crippen LogP contribution in [0.4, 0.5) is 0 Å². The zero-order chi connectivity index (χ0) is 9.68. The lowest BCUT2D eigenvalue weighted by molar-refractivity contribution is 0.179. The van der Waals surface area contributed by atoms with Crippen molar-refractivity contribution in [2.75, 3.05) is 20.3 Å². The van der Waals surface area contributed by atoms with Crippen LogP contribution in [0.5, 0.6) is 0 Å². The minimum atomic E-state index is 0.282. The van der Waals surface area contributed by atoms with Crippen LogP contribution in [0.15, 0.2) is 0 Å². The van der Waals surface area contributed by atoms with Crippen molar-refractivity contribution in [2.45, 2.75) is 25.8 Å². The fraction of sp³-hybridized carbons (Fsp3) is 0.889. The fourth-order valence-corrected chi connectivity index (χ4v) is 1.41. The molecule has 0 bridgehead atoms. The van der Waals surface area contributed by atoms with E-state index in [-0.39, 0.29) is 6.04 Å². The summed E-state index contributed by atoms with van der Waals surface area (Å²) in [5.74, 6) is 0.859. The van der Waals surface area contributed by atoms with Gasteiger partial charge < -0.3 is 15.4 Å². The molecule has 1 aliphatic rings. The number of hydrogen-bond donors (Lipinski definition) is 2. The van der Waals surface area contributed by atoms with Gasteiger partial charge in [0.25, 0.3) is 0 Å². The highest BCUT2D eigenvalue weighted by atomic mass is 32.1. The first-order valence-corrected chi connectivity index (χ1v) is 5.16. The van der Waals surface area contributed by atoms with Crippen LogP contribution in [-0.4, -0.2) is 31.4 Å². The maximum atomic E-state index is 5.11. The number of thiocarbonyl (C=S) groups is 1. The van der Waals surface area contributed by atoms with E-state index in [0.29, 0.717) is 6.61 Å².